The van der Waals surface area contributed by atoms with Crippen LogP contribution in [0.3, 0.4) is 0 Å². The van der Waals surface area contributed by atoms with Crippen molar-refractivity contribution in [2.75, 3.05) is 13.1 Å². The number of aryl methyl sites for hydroxylation is 2. The van der Waals surface area contributed by atoms with Gasteiger partial charge in [0.2, 0.25) is 0 Å². The highest BCUT2D eigenvalue weighted by Crippen LogP contribution is 2.54. The van der Waals surface area contributed by atoms with Gasteiger partial charge in [-0.2, -0.15) is 0 Å². The first-order valence-corrected chi connectivity index (χ1v) is 9.60. The predicted molar refractivity (Wildman–Crippen MR) is 98.3 cm³/mol. The summed E-state index contributed by atoms with van der Waals surface area (Å²) < 4.78 is 54.4. The van der Waals surface area contributed by atoms with Gasteiger partial charge in [0.25, 0.3) is 0 Å². The van der Waals surface area contributed by atoms with Crippen LogP contribution in [0.25, 0.3) is 0 Å². The predicted octanol–water partition coefficient (Wildman–Crippen LogP) is 5.34. The van der Waals surface area contributed by atoms with Crippen molar-refractivity contribution in [3.63, 3.8) is 0 Å². The molecule has 1 aliphatic carbocycles. The van der Waals surface area contributed by atoms with E-state index >= 15 is 0 Å². The molecule has 2 fully saturated rings. The van der Waals surface area contributed by atoms with Crippen molar-refractivity contribution in [2.24, 2.45) is 17.8 Å². The van der Waals surface area contributed by atoms with E-state index in [1.54, 1.807) is 13.0 Å². The van der Waals surface area contributed by atoms with Crippen LogP contribution in [-0.4, -0.2) is 24.4 Å². The molecule has 2 aliphatic rings. The second-order valence-electron chi connectivity index (χ2n) is 8.00. The molecule has 0 amide bonds. The number of hydrogen-bond acceptors (Lipinski definition) is 2. The molecule has 1 aliphatic heterocycles. The van der Waals surface area contributed by atoms with Gasteiger partial charge in [0.1, 0.15) is 11.6 Å². The van der Waals surface area contributed by atoms with Crippen LogP contribution < -0.4 is 4.74 Å². The second kappa shape index (κ2) is 7.39. The molecule has 6 heteroatoms. The fourth-order valence-electron chi connectivity index (χ4n) is 4.59. The van der Waals surface area contributed by atoms with E-state index in [1.165, 1.54) is 18.2 Å². The van der Waals surface area contributed by atoms with Gasteiger partial charge in [-0.3, -0.25) is 4.90 Å². The smallest absolute Gasteiger partial charge is 0.406 e. The maximum absolute atomic E-state index is 13.4. The molecule has 2 aromatic rings. The zero-order valence-corrected chi connectivity index (χ0v) is 15.7. The van der Waals surface area contributed by atoms with Crippen molar-refractivity contribution < 1.29 is 22.3 Å². The summed E-state index contributed by atoms with van der Waals surface area (Å²) in [4.78, 5) is 2.41. The van der Waals surface area contributed by atoms with Gasteiger partial charge in [-0.15, -0.1) is 13.2 Å². The van der Waals surface area contributed by atoms with Gasteiger partial charge in [-0.05, 0) is 72.4 Å². The molecule has 2 nitrogen and oxygen atoms in total. The highest BCUT2D eigenvalue weighted by molar-refractivity contribution is 5.29. The van der Waals surface area contributed by atoms with E-state index in [-0.39, 0.29) is 11.6 Å². The number of halogens is 4. The van der Waals surface area contributed by atoms with Crippen LogP contribution in [0.15, 0.2) is 42.5 Å². The van der Waals surface area contributed by atoms with Gasteiger partial charge < -0.3 is 4.74 Å². The molecule has 4 rings (SSSR count). The summed E-state index contributed by atoms with van der Waals surface area (Å²) in [6, 6.07) is 11.6. The van der Waals surface area contributed by atoms with Crippen molar-refractivity contribution in [3.8, 4) is 5.75 Å². The Morgan fingerprint density at radius 2 is 1.79 bits per heavy atom. The minimum atomic E-state index is -4.65. The van der Waals surface area contributed by atoms with Crippen LogP contribution in [-0.2, 0) is 13.0 Å². The highest BCUT2D eigenvalue weighted by atomic mass is 19.4. The number of benzene rings is 2. The average Bonchev–Trinajstić information content (AvgIpc) is 3.06. The third-order valence-corrected chi connectivity index (χ3v) is 5.97. The van der Waals surface area contributed by atoms with E-state index < -0.39 is 6.36 Å². The van der Waals surface area contributed by atoms with E-state index in [0.29, 0.717) is 23.3 Å². The molecule has 0 radical (unpaired) electrons. The Morgan fingerprint density at radius 3 is 2.46 bits per heavy atom. The van der Waals surface area contributed by atoms with Gasteiger partial charge in [-0.25, -0.2) is 4.39 Å². The molecule has 1 heterocycles. The molecule has 1 saturated carbocycles. The molecular weight excluding hydrogens is 370 g/mol. The van der Waals surface area contributed by atoms with E-state index in [9.17, 15) is 17.6 Å². The molecular formula is C22H23F4NO. The van der Waals surface area contributed by atoms with Crippen molar-refractivity contribution in [1.29, 1.82) is 0 Å². The normalized spacial score (nSPS) is 24.2. The molecule has 0 aromatic heterocycles. The number of rotatable bonds is 6. The van der Waals surface area contributed by atoms with Crippen LogP contribution in [0.1, 0.15) is 23.1 Å². The molecule has 28 heavy (non-hydrogen) atoms. The Hall–Kier alpha value is -2.08. The molecule has 2 aromatic carbocycles. The molecule has 2 unspecified atom stereocenters. The Kier molecular flexibility index (Phi) is 5.08. The third kappa shape index (κ3) is 4.49. The fourth-order valence-corrected chi connectivity index (χ4v) is 4.59. The molecule has 0 bridgehead atoms. The summed E-state index contributed by atoms with van der Waals surface area (Å²) in [6.45, 7) is 4.72. The zero-order valence-electron chi connectivity index (χ0n) is 15.7. The van der Waals surface area contributed by atoms with Crippen molar-refractivity contribution in [3.05, 3.63) is 65.0 Å². The number of alkyl halides is 3. The summed E-state index contributed by atoms with van der Waals surface area (Å²) in [5.41, 5.74) is 2.69. The number of ether oxygens (including phenoxy) is 1. The maximum Gasteiger partial charge on any atom is 0.573 e. The molecule has 2 atom stereocenters. The van der Waals surface area contributed by atoms with Gasteiger partial charge in [0.05, 0.1) is 0 Å². The Bertz CT molecular complexity index is 839. The van der Waals surface area contributed by atoms with Gasteiger partial charge in [-0.1, -0.05) is 24.3 Å². The molecule has 1 saturated heterocycles. The second-order valence-corrected chi connectivity index (χ2v) is 8.00. The lowest BCUT2D eigenvalue weighted by molar-refractivity contribution is -0.274. The summed E-state index contributed by atoms with van der Waals surface area (Å²) in [5.74, 6) is 1.69. The summed E-state index contributed by atoms with van der Waals surface area (Å²) >= 11 is 0. The monoisotopic (exact) mass is 393 g/mol. The van der Waals surface area contributed by atoms with Crippen LogP contribution in [0.2, 0.25) is 0 Å². The maximum atomic E-state index is 13.4. The van der Waals surface area contributed by atoms with Crippen molar-refractivity contribution >= 4 is 0 Å². The van der Waals surface area contributed by atoms with Gasteiger partial charge in [0, 0.05) is 19.6 Å². The van der Waals surface area contributed by atoms with Crippen LogP contribution in [0, 0.1) is 30.5 Å². The van der Waals surface area contributed by atoms with Gasteiger partial charge >= 0.3 is 6.36 Å². The topological polar surface area (TPSA) is 12.5 Å². The summed E-state index contributed by atoms with van der Waals surface area (Å²) in [6.07, 6.45) is -2.89. The molecule has 0 N–H and O–H groups in total. The molecule has 0 spiro atoms. The SMILES string of the molecule is Cc1cc(CN2CC3C(CCc4cccc(OC(F)(F)F)c4)C3C2)ccc1F. The van der Waals surface area contributed by atoms with Crippen LogP contribution >= 0.6 is 0 Å². The van der Waals surface area contributed by atoms with E-state index in [4.69, 9.17) is 0 Å². The number of likely N-dealkylation sites (tertiary alicyclic amines) is 1. The number of nitrogens with zero attached hydrogens (tertiary/aromatic N) is 1. The lowest BCUT2D eigenvalue weighted by atomic mass is 10.0. The largest absolute Gasteiger partial charge is 0.573 e. The lowest BCUT2D eigenvalue weighted by Gasteiger charge is -2.20. The number of piperidine rings is 1. The number of hydrogen-bond donors (Lipinski definition) is 0. The third-order valence-electron chi connectivity index (χ3n) is 5.97. The molecule has 150 valence electrons. The van der Waals surface area contributed by atoms with Gasteiger partial charge in [0.15, 0.2) is 0 Å². The summed E-state index contributed by atoms with van der Waals surface area (Å²) in [7, 11) is 0. The lowest BCUT2D eigenvalue weighted by Crippen LogP contribution is -2.24. The minimum absolute atomic E-state index is 0.151. The Morgan fingerprint density at radius 1 is 1.04 bits per heavy atom. The van der Waals surface area contributed by atoms with Crippen LogP contribution in [0.4, 0.5) is 17.6 Å². The first-order valence-electron chi connectivity index (χ1n) is 9.60. The first kappa shape index (κ1) is 19.2. The van der Waals surface area contributed by atoms with E-state index in [1.807, 2.05) is 18.2 Å². The van der Waals surface area contributed by atoms with Crippen LogP contribution in [0.5, 0.6) is 5.75 Å². The Balaban J connectivity index is 1.24. The minimum Gasteiger partial charge on any atom is -0.406 e. The van der Waals surface area contributed by atoms with Crippen molar-refractivity contribution in [2.45, 2.75) is 32.7 Å². The Labute approximate surface area is 162 Å². The average molecular weight is 393 g/mol. The van der Waals surface area contributed by atoms with E-state index in [2.05, 4.69) is 9.64 Å². The highest BCUT2D eigenvalue weighted by Gasteiger charge is 2.54. The standard InChI is InChI=1S/C22H23F4NO/c1-14-9-16(6-8-21(14)23)11-27-12-19-18(20(19)13-27)7-5-15-3-2-4-17(10-15)28-22(24,25)26/h2-4,6,8-10,18-20H,5,7,11-13H2,1H3. The van der Waals surface area contributed by atoms with E-state index in [0.717, 1.165) is 43.6 Å². The zero-order chi connectivity index (χ0) is 19.9. The number of fused-ring (bicyclic) bond motifs is 1. The first-order chi connectivity index (χ1) is 13.3. The fraction of sp³-hybridized carbons (Fsp3) is 0.455. The van der Waals surface area contributed by atoms with Crippen molar-refractivity contribution in [1.82, 2.24) is 4.90 Å². The summed E-state index contributed by atoms with van der Waals surface area (Å²) in [5, 5.41) is 0. The quantitative estimate of drug-likeness (QED) is 0.614.